The Hall–Kier alpha value is -1.86. The highest BCUT2D eigenvalue weighted by Crippen LogP contribution is 2.32. The number of rotatable bonds is 5. The maximum Gasteiger partial charge on any atom is 0.293 e. The maximum absolute atomic E-state index is 12.5. The number of halogens is 1. The van der Waals surface area contributed by atoms with Crippen LogP contribution in [0.1, 0.15) is 37.0 Å². The SMILES string of the molecule is CC1CCN(c2ccc(C(=O)N(C)C(C)CN)cc2[N+](=O)[O-])CC1.Cl. The molecule has 0 saturated carbocycles. The molecule has 2 rings (SSSR count). The van der Waals surface area contributed by atoms with Gasteiger partial charge in [0.15, 0.2) is 0 Å². The molecule has 1 fully saturated rings. The van der Waals surface area contributed by atoms with Crippen LogP contribution in [0.15, 0.2) is 18.2 Å². The highest BCUT2D eigenvalue weighted by Gasteiger charge is 2.26. The number of benzene rings is 1. The van der Waals surface area contributed by atoms with Crippen molar-refractivity contribution in [3.8, 4) is 0 Å². The smallest absolute Gasteiger partial charge is 0.293 e. The molecule has 1 aromatic carbocycles. The highest BCUT2D eigenvalue weighted by atomic mass is 35.5. The Kier molecular flexibility index (Phi) is 7.63. The first-order valence-corrected chi connectivity index (χ1v) is 8.35. The number of piperidine rings is 1. The van der Waals surface area contributed by atoms with Crippen molar-refractivity contribution in [2.24, 2.45) is 11.7 Å². The first kappa shape index (κ1) is 21.2. The molecule has 1 atom stereocenters. The lowest BCUT2D eigenvalue weighted by Gasteiger charge is -2.32. The van der Waals surface area contributed by atoms with Crippen molar-refractivity contribution in [1.29, 1.82) is 0 Å². The van der Waals surface area contributed by atoms with Crippen molar-refractivity contribution in [3.05, 3.63) is 33.9 Å². The van der Waals surface area contributed by atoms with E-state index in [-0.39, 0.29) is 30.0 Å². The molecule has 1 aromatic rings. The average molecular weight is 371 g/mol. The minimum absolute atomic E-state index is 0. The standard InChI is InChI=1S/C17H26N4O3.ClH/c1-12-6-8-20(9-7-12)15-5-4-14(10-16(15)21(23)24)17(22)19(3)13(2)11-18;/h4-5,10,12-13H,6-9,11,18H2,1-3H3;1H. The van der Waals surface area contributed by atoms with Gasteiger partial charge < -0.3 is 15.5 Å². The zero-order valence-corrected chi connectivity index (χ0v) is 15.8. The molecule has 7 nitrogen and oxygen atoms in total. The highest BCUT2D eigenvalue weighted by molar-refractivity contribution is 5.95. The van der Waals surface area contributed by atoms with Gasteiger partial charge in [-0.15, -0.1) is 12.4 Å². The lowest BCUT2D eigenvalue weighted by Crippen LogP contribution is -2.39. The molecule has 1 amide bonds. The van der Waals surface area contributed by atoms with Gasteiger partial charge in [-0.05, 0) is 37.8 Å². The summed E-state index contributed by atoms with van der Waals surface area (Å²) in [6.45, 7) is 5.99. The van der Waals surface area contributed by atoms with E-state index in [0.29, 0.717) is 23.7 Å². The third kappa shape index (κ3) is 4.83. The predicted octanol–water partition coefficient (Wildman–Crippen LogP) is 2.67. The number of carbonyl (C=O) groups excluding carboxylic acids is 1. The van der Waals surface area contributed by atoms with Crippen LogP contribution in [-0.2, 0) is 0 Å². The van der Waals surface area contributed by atoms with Crippen molar-refractivity contribution in [3.63, 3.8) is 0 Å². The van der Waals surface area contributed by atoms with E-state index in [1.54, 1.807) is 19.2 Å². The zero-order valence-electron chi connectivity index (χ0n) is 15.0. The van der Waals surface area contributed by atoms with Crippen LogP contribution in [-0.4, -0.2) is 48.5 Å². The third-order valence-electron chi connectivity index (χ3n) is 4.87. The average Bonchev–Trinajstić information content (AvgIpc) is 2.59. The molecule has 0 aliphatic carbocycles. The molecular weight excluding hydrogens is 344 g/mol. The number of likely N-dealkylation sites (N-methyl/N-ethyl adjacent to an activating group) is 1. The molecule has 8 heteroatoms. The number of hydrogen-bond acceptors (Lipinski definition) is 5. The summed E-state index contributed by atoms with van der Waals surface area (Å²) in [4.78, 5) is 27.1. The summed E-state index contributed by atoms with van der Waals surface area (Å²) < 4.78 is 0. The molecule has 25 heavy (non-hydrogen) atoms. The first-order chi connectivity index (χ1) is 11.3. The summed E-state index contributed by atoms with van der Waals surface area (Å²) in [6.07, 6.45) is 2.04. The summed E-state index contributed by atoms with van der Waals surface area (Å²) in [6, 6.07) is 4.63. The van der Waals surface area contributed by atoms with Gasteiger partial charge >= 0.3 is 0 Å². The van der Waals surface area contributed by atoms with E-state index in [4.69, 9.17) is 5.73 Å². The fourth-order valence-electron chi connectivity index (χ4n) is 2.88. The van der Waals surface area contributed by atoms with Crippen LogP contribution in [0.4, 0.5) is 11.4 Å². The lowest BCUT2D eigenvalue weighted by atomic mass is 9.98. The second kappa shape index (κ2) is 9.01. The Morgan fingerprint density at radius 1 is 1.44 bits per heavy atom. The second-order valence-corrected chi connectivity index (χ2v) is 6.63. The van der Waals surface area contributed by atoms with Crippen molar-refractivity contribution in [1.82, 2.24) is 4.90 Å². The van der Waals surface area contributed by atoms with Gasteiger partial charge in [0.1, 0.15) is 5.69 Å². The van der Waals surface area contributed by atoms with Crippen LogP contribution in [0, 0.1) is 16.0 Å². The molecule has 1 aliphatic rings. The normalized spacial score (nSPS) is 16.1. The molecule has 0 spiro atoms. The van der Waals surface area contributed by atoms with Gasteiger partial charge in [0.05, 0.1) is 4.92 Å². The minimum Gasteiger partial charge on any atom is -0.366 e. The second-order valence-electron chi connectivity index (χ2n) is 6.63. The number of nitrogens with zero attached hydrogens (tertiary/aromatic N) is 3. The molecule has 1 saturated heterocycles. The summed E-state index contributed by atoms with van der Waals surface area (Å²) >= 11 is 0. The van der Waals surface area contributed by atoms with E-state index in [2.05, 4.69) is 6.92 Å². The molecule has 2 N–H and O–H groups in total. The van der Waals surface area contributed by atoms with E-state index < -0.39 is 4.92 Å². The van der Waals surface area contributed by atoms with Crippen LogP contribution in [0.5, 0.6) is 0 Å². The largest absolute Gasteiger partial charge is 0.366 e. The molecule has 0 aromatic heterocycles. The molecular formula is C17H27ClN4O3. The third-order valence-corrected chi connectivity index (χ3v) is 4.87. The monoisotopic (exact) mass is 370 g/mol. The van der Waals surface area contributed by atoms with E-state index in [1.165, 1.54) is 11.0 Å². The van der Waals surface area contributed by atoms with Gasteiger partial charge in [-0.2, -0.15) is 0 Å². The molecule has 1 unspecified atom stereocenters. The van der Waals surface area contributed by atoms with Gasteiger partial charge in [0, 0.05) is 44.4 Å². The summed E-state index contributed by atoms with van der Waals surface area (Å²) in [5, 5.41) is 11.5. The van der Waals surface area contributed by atoms with Crippen LogP contribution >= 0.6 is 12.4 Å². The minimum atomic E-state index is -0.406. The van der Waals surface area contributed by atoms with Gasteiger partial charge in [0.25, 0.3) is 11.6 Å². The number of nitrogens with two attached hydrogens (primary N) is 1. The lowest BCUT2D eigenvalue weighted by molar-refractivity contribution is -0.384. The van der Waals surface area contributed by atoms with Gasteiger partial charge in [0.2, 0.25) is 0 Å². The molecule has 0 bridgehead atoms. The Labute approximate surface area is 154 Å². The first-order valence-electron chi connectivity index (χ1n) is 8.35. The van der Waals surface area contributed by atoms with Crippen molar-refractivity contribution in [2.75, 3.05) is 31.6 Å². The van der Waals surface area contributed by atoms with Crippen LogP contribution in [0.25, 0.3) is 0 Å². The molecule has 1 heterocycles. The van der Waals surface area contributed by atoms with Crippen molar-refractivity contribution < 1.29 is 9.72 Å². The Morgan fingerprint density at radius 3 is 2.56 bits per heavy atom. The number of nitro groups is 1. The topological polar surface area (TPSA) is 92.7 Å². The van der Waals surface area contributed by atoms with Gasteiger partial charge in [-0.25, -0.2) is 0 Å². The Balaban J connectivity index is 0.00000312. The number of nitro benzene ring substituents is 1. The number of anilines is 1. The molecule has 140 valence electrons. The van der Waals surface area contributed by atoms with Gasteiger partial charge in [-0.1, -0.05) is 6.92 Å². The number of hydrogen-bond donors (Lipinski definition) is 1. The van der Waals surface area contributed by atoms with Crippen LogP contribution in [0.3, 0.4) is 0 Å². The number of carbonyl (C=O) groups is 1. The van der Waals surface area contributed by atoms with Crippen molar-refractivity contribution >= 4 is 29.7 Å². The van der Waals surface area contributed by atoms with E-state index in [1.807, 2.05) is 11.8 Å². The fraction of sp³-hybridized carbons (Fsp3) is 0.588. The van der Waals surface area contributed by atoms with E-state index in [0.717, 1.165) is 25.9 Å². The quantitative estimate of drug-likeness (QED) is 0.635. The van der Waals surface area contributed by atoms with Crippen LogP contribution < -0.4 is 10.6 Å². The predicted molar refractivity (Wildman–Crippen MR) is 102 cm³/mol. The van der Waals surface area contributed by atoms with E-state index in [9.17, 15) is 14.9 Å². The van der Waals surface area contributed by atoms with E-state index >= 15 is 0 Å². The van der Waals surface area contributed by atoms with Crippen LogP contribution in [0.2, 0.25) is 0 Å². The fourth-order valence-corrected chi connectivity index (χ4v) is 2.88. The zero-order chi connectivity index (χ0) is 17.9. The Morgan fingerprint density at radius 2 is 2.04 bits per heavy atom. The van der Waals surface area contributed by atoms with Gasteiger partial charge in [-0.3, -0.25) is 14.9 Å². The molecule has 1 aliphatic heterocycles. The summed E-state index contributed by atoms with van der Waals surface area (Å²) in [5.41, 5.74) is 6.49. The summed E-state index contributed by atoms with van der Waals surface area (Å²) in [7, 11) is 1.66. The van der Waals surface area contributed by atoms with Crippen molar-refractivity contribution in [2.45, 2.75) is 32.7 Å². The Bertz CT molecular complexity index is 618. The molecule has 0 radical (unpaired) electrons. The summed E-state index contributed by atoms with van der Waals surface area (Å²) in [5.74, 6) is 0.391. The number of amides is 1. The maximum atomic E-state index is 12.5.